The molecule has 3 nitrogen and oxygen atoms in total. The average Bonchev–Trinajstić information content (AvgIpc) is 3.09. The molecule has 2 heterocycles. The zero-order chi connectivity index (χ0) is 13.9. The van der Waals surface area contributed by atoms with Crippen molar-refractivity contribution in [2.75, 3.05) is 0 Å². The molecule has 3 rings (SSSR count). The monoisotopic (exact) mass is 309 g/mol. The predicted octanol–water partition coefficient (Wildman–Crippen LogP) is 4.77. The van der Waals surface area contributed by atoms with E-state index in [0.29, 0.717) is 17.3 Å². The van der Waals surface area contributed by atoms with Gasteiger partial charge in [-0.25, -0.2) is 9.37 Å². The highest BCUT2D eigenvalue weighted by molar-refractivity contribution is 7.13. The first kappa shape index (κ1) is 13.1. The summed E-state index contributed by atoms with van der Waals surface area (Å²) in [4.78, 5) is 5.28. The highest BCUT2D eigenvalue weighted by atomic mass is 35.5. The molecule has 0 radical (unpaired) electrons. The normalized spacial score (nSPS) is 10.7. The van der Waals surface area contributed by atoms with Gasteiger partial charge in [-0.3, -0.25) is 0 Å². The second-order valence-corrected chi connectivity index (χ2v) is 5.34. The third kappa shape index (κ3) is 2.84. The number of halogens is 2. The van der Waals surface area contributed by atoms with Gasteiger partial charge in [0.05, 0.1) is 9.90 Å². The summed E-state index contributed by atoms with van der Waals surface area (Å²) < 4.78 is 23.9. The maximum atomic E-state index is 13.0. The number of hydrogen-bond donors (Lipinski definition) is 0. The van der Waals surface area contributed by atoms with Gasteiger partial charge in [0.1, 0.15) is 30.1 Å². The van der Waals surface area contributed by atoms with Crippen molar-refractivity contribution in [3.05, 3.63) is 58.5 Å². The molecule has 0 unspecified atom stereocenters. The van der Waals surface area contributed by atoms with Crippen LogP contribution in [0.15, 0.2) is 46.4 Å². The third-order valence-corrected chi connectivity index (χ3v) is 3.71. The zero-order valence-corrected chi connectivity index (χ0v) is 11.7. The summed E-state index contributed by atoms with van der Waals surface area (Å²) in [5.74, 6) is 0.577. The highest BCUT2D eigenvalue weighted by Crippen LogP contribution is 2.25. The van der Waals surface area contributed by atoms with E-state index in [1.54, 1.807) is 17.6 Å². The predicted molar refractivity (Wildman–Crippen MR) is 75.6 cm³/mol. The summed E-state index contributed by atoms with van der Waals surface area (Å²) in [6.07, 6.45) is 1.54. The van der Waals surface area contributed by atoms with E-state index in [1.165, 1.54) is 18.2 Å². The van der Waals surface area contributed by atoms with Crippen LogP contribution in [-0.4, -0.2) is 4.98 Å². The van der Waals surface area contributed by atoms with Gasteiger partial charge in [0, 0.05) is 6.07 Å². The van der Waals surface area contributed by atoms with Crippen LogP contribution in [0.2, 0.25) is 5.02 Å². The number of oxazole rings is 1. The molecule has 0 atom stereocenters. The number of aromatic nitrogens is 1. The van der Waals surface area contributed by atoms with Gasteiger partial charge in [-0.05, 0) is 23.6 Å². The molecule has 1 aromatic carbocycles. The van der Waals surface area contributed by atoms with E-state index in [1.807, 2.05) is 17.5 Å². The number of hydrogen-bond acceptors (Lipinski definition) is 4. The van der Waals surface area contributed by atoms with E-state index >= 15 is 0 Å². The molecule has 0 bridgehead atoms. The van der Waals surface area contributed by atoms with Crippen LogP contribution in [-0.2, 0) is 6.61 Å². The first-order chi connectivity index (χ1) is 9.72. The molecule has 6 heteroatoms. The van der Waals surface area contributed by atoms with Gasteiger partial charge in [-0.1, -0.05) is 17.7 Å². The van der Waals surface area contributed by atoms with E-state index in [9.17, 15) is 4.39 Å². The van der Waals surface area contributed by atoms with Gasteiger partial charge in [-0.15, -0.1) is 11.3 Å². The van der Waals surface area contributed by atoms with Crippen molar-refractivity contribution < 1.29 is 13.5 Å². The Morgan fingerprint density at radius 2 is 2.25 bits per heavy atom. The lowest BCUT2D eigenvalue weighted by Gasteiger charge is -2.04. The van der Waals surface area contributed by atoms with Crippen molar-refractivity contribution >= 4 is 22.9 Å². The fourth-order valence-electron chi connectivity index (χ4n) is 1.61. The number of thiophene rings is 1. The first-order valence-corrected chi connectivity index (χ1v) is 7.04. The second kappa shape index (κ2) is 5.64. The Balaban J connectivity index is 1.68. The van der Waals surface area contributed by atoms with Crippen molar-refractivity contribution in [3.63, 3.8) is 0 Å². The lowest BCUT2D eigenvalue weighted by atomic mass is 10.3. The van der Waals surface area contributed by atoms with Gasteiger partial charge in [-0.2, -0.15) is 0 Å². The minimum Gasteiger partial charge on any atom is -0.487 e. The third-order valence-electron chi connectivity index (χ3n) is 2.56. The van der Waals surface area contributed by atoms with Crippen LogP contribution in [0.1, 0.15) is 5.69 Å². The van der Waals surface area contributed by atoms with E-state index in [4.69, 9.17) is 20.8 Å². The van der Waals surface area contributed by atoms with Crippen molar-refractivity contribution in [1.29, 1.82) is 0 Å². The van der Waals surface area contributed by atoms with Gasteiger partial charge < -0.3 is 9.15 Å². The molecular formula is C14H9ClFNO2S. The molecule has 0 aliphatic heterocycles. The number of rotatable bonds is 4. The van der Waals surface area contributed by atoms with Gasteiger partial charge in [0.2, 0.25) is 5.89 Å². The van der Waals surface area contributed by atoms with Crippen molar-refractivity contribution in [2.24, 2.45) is 0 Å². The Bertz CT molecular complexity index is 712. The molecule has 20 heavy (non-hydrogen) atoms. The molecule has 0 fully saturated rings. The molecule has 0 N–H and O–H groups in total. The lowest BCUT2D eigenvalue weighted by Crippen LogP contribution is -1.96. The zero-order valence-electron chi connectivity index (χ0n) is 10.2. The largest absolute Gasteiger partial charge is 0.487 e. The fraction of sp³-hybridized carbons (Fsp3) is 0.0714. The summed E-state index contributed by atoms with van der Waals surface area (Å²) >= 11 is 7.23. The summed E-state index contributed by atoms with van der Waals surface area (Å²) in [6, 6.07) is 8.07. The smallest absolute Gasteiger partial charge is 0.236 e. The fourth-order valence-corrected chi connectivity index (χ4v) is 2.44. The number of benzene rings is 1. The summed E-state index contributed by atoms with van der Waals surface area (Å²) in [7, 11) is 0. The molecule has 102 valence electrons. The van der Waals surface area contributed by atoms with Crippen LogP contribution in [0.3, 0.4) is 0 Å². The number of nitrogens with zero attached hydrogens (tertiary/aromatic N) is 1. The van der Waals surface area contributed by atoms with Gasteiger partial charge >= 0.3 is 0 Å². The molecule has 0 saturated carbocycles. The maximum Gasteiger partial charge on any atom is 0.236 e. The number of ether oxygens (including phenoxy) is 1. The standard InChI is InChI=1S/C14H9ClFNO2S/c15-11-6-10(3-4-12(11)16)18-7-9-8-19-14(17-9)13-2-1-5-20-13/h1-6,8H,7H2. The quantitative estimate of drug-likeness (QED) is 0.696. The van der Waals surface area contributed by atoms with E-state index < -0.39 is 5.82 Å². The summed E-state index contributed by atoms with van der Waals surface area (Å²) in [6.45, 7) is 0.233. The highest BCUT2D eigenvalue weighted by Gasteiger charge is 2.08. The Hall–Kier alpha value is -1.85. The minimum atomic E-state index is -0.472. The average molecular weight is 310 g/mol. The topological polar surface area (TPSA) is 35.3 Å². The van der Waals surface area contributed by atoms with E-state index in [-0.39, 0.29) is 11.6 Å². The Morgan fingerprint density at radius 1 is 1.35 bits per heavy atom. The minimum absolute atomic E-state index is 0.0296. The van der Waals surface area contributed by atoms with Crippen LogP contribution in [0.5, 0.6) is 5.75 Å². The van der Waals surface area contributed by atoms with E-state index in [2.05, 4.69) is 4.98 Å². The SMILES string of the molecule is Fc1ccc(OCc2coc(-c3cccs3)n2)cc1Cl. The Kier molecular flexibility index (Phi) is 3.71. The Morgan fingerprint density at radius 3 is 3.00 bits per heavy atom. The van der Waals surface area contributed by atoms with Crippen molar-refractivity contribution in [1.82, 2.24) is 4.98 Å². The van der Waals surface area contributed by atoms with Crippen LogP contribution in [0.4, 0.5) is 4.39 Å². The molecule has 2 aromatic heterocycles. The van der Waals surface area contributed by atoms with Crippen molar-refractivity contribution in [3.8, 4) is 16.5 Å². The van der Waals surface area contributed by atoms with Crippen LogP contribution in [0.25, 0.3) is 10.8 Å². The lowest BCUT2D eigenvalue weighted by molar-refractivity contribution is 0.300. The first-order valence-electron chi connectivity index (χ1n) is 5.78. The molecule has 0 saturated heterocycles. The maximum absolute atomic E-state index is 13.0. The van der Waals surface area contributed by atoms with Crippen LogP contribution < -0.4 is 4.74 Å². The molecular weight excluding hydrogens is 301 g/mol. The second-order valence-electron chi connectivity index (χ2n) is 3.99. The molecule has 0 aliphatic rings. The van der Waals surface area contributed by atoms with Crippen LogP contribution in [0, 0.1) is 5.82 Å². The molecule has 0 amide bonds. The summed E-state index contributed by atoms with van der Waals surface area (Å²) in [5.41, 5.74) is 0.661. The van der Waals surface area contributed by atoms with Crippen LogP contribution >= 0.6 is 22.9 Å². The Labute approximate surface area is 123 Å². The van der Waals surface area contributed by atoms with Crippen molar-refractivity contribution in [2.45, 2.75) is 6.61 Å². The van der Waals surface area contributed by atoms with Gasteiger partial charge in [0.15, 0.2) is 0 Å². The van der Waals surface area contributed by atoms with Gasteiger partial charge in [0.25, 0.3) is 0 Å². The van der Waals surface area contributed by atoms with E-state index in [0.717, 1.165) is 4.88 Å². The molecule has 0 spiro atoms. The molecule has 0 aliphatic carbocycles. The summed E-state index contributed by atoms with van der Waals surface area (Å²) in [5, 5.41) is 1.98. The molecule has 3 aromatic rings.